The molecule has 1 heterocycles. The standard InChI is InChI=1S/C48H31NS/c1-2-14-33(15-3-1)38-22-10-11-26-44(38)49(45-27-13-19-34-17-5-7-21-39(34)45)46-31-43-42-30-35(37-25-12-18-32-16-4-6-20-36(32)37)28-29-47(42)50-48(43)41-24-9-8-23-40(41)46/h1-31H. The molecule has 0 bridgehead atoms. The number of thiophene rings is 1. The first-order valence-electron chi connectivity index (χ1n) is 17.1. The SMILES string of the molecule is c1ccc(-c2ccccc2N(c2cccc3ccccc23)c2cc3c4cc(-c5cccc6ccccc56)ccc4sc3c3ccccc23)cc1. The summed E-state index contributed by atoms with van der Waals surface area (Å²) in [5.41, 5.74) is 8.37. The van der Waals surface area contributed by atoms with Crippen LogP contribution >= 0.6 is 11.3 Å². The highest BCUT2D eigenvalue weighted by Gasteiger charge is 2.23. The zero-order valence-corrected chi connectivity index (χ0v) is 28.1. The van der Waals surface area contributed by atoms with Crippen molar-refractivity contribution in [2.45, 2.75) is 0 Å². The van der Waals surface area contributed by atoms with Crippen molar-refractivity contribution in [3.05, 3.63) is 188 Å². The Labute approximate surface area is 294 Å². The molecule has 10 aromatic rings. The van der Waals surface area contributed by atoms with E-state index in [1.165, 1.54) is 80.4 Å². The Hall–Kier alpha value is -6.22. The van der Waals surface area contributed by atoms with Gasteiger partial charge in [0.25, 0.3) is 0 Å². The Kier molecular flexibility index (Phi) is 6.75. The molecule has 0 spiro atoms. The summed E-state index contributed by atoms with van der Waals surface area (Å²) in [6, 6.07) is 68.7. The number of benzene rings is 9. The second kappa shape index (κ2) is 11.7. The van der Waals surface area contributed by atoms with Crippen LogP contribution in [-0.2, 0) is 0 Å². The van der Waals surface area contributed by atoms with E-state index in [0.29, 0.717) is 0 Å². The van der Waals surface area contributed by atoms with Crippen molar-refractivity contribution in [1.29, 1.82) is 0 Å². The lowest BCUT2D eigenvalue weighted by atomic mass is 9.96. The molecular formula is C48H31NS. The highest BCUT2D eigenvalue weighted by atomic mass is 32.1. The van der Waals surface area contributed by atoms with Crippen molar-refractivity contribution >= 4 is 80.9 Å². The van der Waals surface area contributed by atoms with Crippen molar-refractivity contribution in [3.63, 3.8) is 0 Å². The van der Waals surface area contributed by atoms with Crippen LogP contribution in [0.25, 0.3) is 74.7 Å². The van der Waals surface area contributed by atoms with Gasteiger partial charge in [-0.25, -0.2) is 0 Å². The van der Waals surface area contributed by atoms with Gasteiger partial charge in [0.1, 0.15) is 0 Å². The van der Waals surface area contributed by atoms with E-state index >= 15 is 0 Å². The molecule has 9 aromatic carbocycles. The molecule has 1 aromatic heterocycles. The zero-order chi connectivity index (χ0) is 33.0. The van der Waals surface area contributed by atoms with Gasteiger partial charge in [-0.3, -0.25) is 0 Å². The van der Waals surface area contributed by atoms with Gasteiger partial charge in [0, 0.05) is 41.9 Å². The van der Waals surface area contributed by atoms with Gasteiger partial charge in [0.2, 0.25) is 0 Å². The number of fused-ring (bicyclic) bond motifs is 7. The minimum Gasteiger partial charge on any atom is -0.309 e. The van der Waals surface area contributed by atoms with E-state index in [1.54, 1.807) is 0 Å². The number of hydrogen-bond donors (Lipinski definition) is 0. The Bertz CT molecular complexity index is 2870. The maximum Gasteiger partial charge on any atom is 0.0547 e. The Morgan fingerprint density at radius 2 is 0.920 bits per heavy atom. The van der Waals surface area contributed by atoms with Gasteiger partial charge in [-0.1, -0.05) is 158 Å². The van der Waals surface area contributed by atoms with Gasteiger partial charge >= 0.3 is 0 Å². The number of rotatable bonds is 5. The predicted molar refractivity (Wildman–Crippen MR) is 217 cm³/mol. The number of anilines is 3. The third kappa shape index (κ3) is 4.61. The van der Waals surface area contributed by atoms with Crippen LogP contribution in [0.4, 0.5) is 17.1 Å². The van der Waals surface area contributed by atoms with Gasteiger partial charge in [-0.05, 0) is 63.2 Å². The van der Waals surface area contributed by atoms with Crippen LogP contribution in [0.2, 0.25) is 0 Å². The normalized spacial score (nSPS) is 11.6. The summed E-state index contributed by atoms with van der Waals surface area (Å²) in [5.74, 6) is 0. The van der Waals surface area contributed by atoms with Crippen molar-refractivity contribution in [2.75, 3.05) is 4.90 Å². The highest BCUT2D eigenvalue weighted by molar-refractivity contribution is 7.26. The molecule has 1 nitrogen and oxygen atoms in total. The average Bonchev–Trinajstić information content (AvgIpc) is 3.56. The monoisotopic (exact) mass is 653 g/mol. The number of para-hydroxylation sites is 1. The zero-order valence-electron chi connectivity index (χ0n) is 27.3. The molecule has 2 heteroatoms. The first kappa shape index (κ1) is 28.8. The van der Waals surface area contributed by atoms with E-state index < -0.39 is 0 Å². The molecule has 10 rings (SSSR count). The highest BCUT2D eigenvalue weighted by Crippen LogP contribution is 2.49. The van der Waals surface area contributed by atoms with Crippen LogP contribution in [0.5, 0.6) is 0 Å². The van der Waals surface area contributed by atoms with Crippen molar-refractivity contribution in [3.8, 4) is 22.3 Å². The molecule has 0 atom stereocenters. The van der Waals surface area contributed by atoms with Gasteiger partial charge in [-0.2, -0.15) is 0 Å². The molecule has 234 valence electrons. The van der Waals surface area contributed by atoms with E-state index in [-0.39, 0.29) is 0 Å². The minimum atomic E-state index is 1.15. The minimum absolute atomic E-state index is 1.15. The third-order valence-corrected chi connectivity index (χ3v) is 11.3. The molecule has 50 heavy (non-hydrogen) atoms. The van der Waals surface area contributed by atoms with Gasteiger partial charge < -0.3 is 4.90 Å². The summed E-state index contributed by atoms with van der Waals surface area (Å²) in [5, 5.41) is 10.1. The molecule has 0 unspecified atom stereocenters. The van der Waals surface area contributed by atoms with E-state index in [9.17, 15) is 0 Å². The molecular weight excluding hydrogens is 623 g/mol. The van der Waals surface area contributed by atoms with Crippen molar-refractivity contribution in [1.82, 2.24) is 0 Å². The molecule has 0 fully saturated rings. The van der Waals surface area contributed by atoms with E-state index in [4.69, 9.17) is 0 Å². The fourth-order valence-electron chi connectivity index (χ4n) is 7.73. The quantitative estimate of drug-likeness (QED) is 0.179. The maximum atomic E-state index is 2.50. The van der Waals surface area contributed by atoms with Crippen LogP contribution in [0.15, 0.2) is 188 Å². The smallest absolute Gasteiger partial charge is 0.0547 e. The first-order chi connectivity index (χ1) is 24.8. The summed E-state index contributed by atoms with van der Waals surface area (Å²) < 4.78 is 2.62. The largest absolute Gasteiger partial charge is 0.309 e. The molecule has 0 radical (unpaired) electrons. The van der Waals surface area contributed by atoms with Crippen molar-refractivity contribution in [2.24, 2.45) is 0 Å². The molecule has 0 aliphatic rings. The molecule has 0 saturated heterocycles. The molecule has 0 aliphatic heterocycles. The topological polar surface area (TPSA) is 3.24 Å². The van der Waals surface area contributed by atoms with Gasteiger partial charge in [0.05, 0.1) is 17.1 Å². The fraction of sp³-hybridized carbons (Fsp3) is 0. The molecule has 0 saturated carbocycles. The lowest BCUT2D eigenvalue weighted by molar-refractivity contribution is 1.32. The third-order valence-electron chi connectivity index (χ3n) is 10.0. The number of nitrogens with zero attached hydrogens (tertiary/aromatic N) is 1. The fourth-order valence-corrected chi connectivity index (χ4v) is 8.93. The lowest BCUT2D eigenvalue weighted by Gasteiger charge is -2.30. The molecule has 0 amide bonds. The van der Waals surface area contributed by atoms with E-state index in [2.05, 4.69) is 193 Å². The predicted octanol–water partition coefficient (Wildman–Crippen LogP) is 14.3. The van der Waals surface area contributed by atoms with Crippen LogP contribution in [0.3, 0.4) is 0 Å². The van der Waals surface area contributed by atoms with Crippen LogP contribution in [-0.4, -0.2) is 0 Å². The van der Waals surface area contributed by atoms with Crippen LogP contribution in [0.1, 0.15) is 0 Å². The number of hydrogen-bond acceptors (Lipinski definition) is 2. The van der Waals surface area contributed by atoms with Gasteiger partial charge in [0.15, 0.2) is 0 Å². The Balaban J connectivity index is 1.30. The average molecular weight is 654 g/mol. The van der Waals surface area contributed by atoms with Crippen molar-refractivity contribution < 1.29 is 0 Å². The summed E-state index contributed by atoms with van der Waals surface area (Å²) in [6.45, 7) is 0. The molecule has 0 aliphatic carbocycles. The Morgan fingerprint density at radius 1 is 0.320 bits per heavy atom. The van der Waals surface area contributed by atoms with Gasteiger partial charge in [-0.15, -0.1) is 11.3 Å². The van der Waals surface area contributed by atoms with Crippen LogP contribution < -0.4 is 4.90 Å². The summed E-state index contributed by atoms with van der Waals surface area (Å²) in [4.78, 5) is 2.50. The summed E-state index contributed by atoms with van der Waals surface area (Å²) in [6.07, 6.45) is 0. The van der Waals surface area contributed by atoms with E-state index in [0.717, 1.165) is 11.4 Å². The maximum absolute atomic E-state index is 2.50. The Morgan fingerprint density at radius 3 is 1.76 bits per heavy atom. The first-order valence-corrected chi connectivity index (χ1v) is 17.9. The van der Waals surface area contributed by atoms with Crippen LogP contribution in [0, 0.1) is 0 Å². The second-order valence-electron chi connectivity index (χ2n) is 12.9. The summed E-state index contributed by atoms with van der Waals surface area (Å²) in [7, 11) is 0. The van der Waals surface area contributed by atoms with E-state index in [1.807, 2.05) is 11.3 Å². The second-order valence-corrected chi connectivity index (χ2v) is 13.9. The summed E-state index contributed by atoms with van der Waals surface area (Å²) >= 11 is 1.89. The molecule has 0 N–H and O–H groups in total. The lowest BCUT2D eigenvalue weighted by Crippen LogP contribution is -2.12.